The van der Waals surface area contributed by atoms with Gasteiger partial charge < -0.3 is 10.6 Å². The fourth-order valence-corrected chi connectivity index (χ4v) is 2.85. The summed E-state index contributed by atoms with van der Waals surface area (Å²) < 4.78 is 0. The van der Waals surface area contributed by atoms with Crippen molar-refractivity contribution in [3.63, 3.8) is 0 Å². The zero-order chi connectivity index (χ0) is 11.6. The summed E-state index contributed by atoms with van der Waals surface area (Å²) in [5.74, 6) is 0.944. The van der Waals surface area contributed by atoms with Crippen LogP contribution >= 0.6 is 0 Å². The lowest BCUT2D eigenvalue weighted by molar-refractivity contribution is 0.0914. The number of hydrogen-bond acceptors (Lipinski definition) is 3. The molecule has 1 saturated carbocycles. The van der Waals surface area contributed by atoms with Gasteiger partial charge in [0, 0.05) is 44.3 Å². The van der Waals surface area contributed by atoms with Crippen LogP contribution in [0.25, 0.3) is 0 Å². The average Bonchev–Trinajstić information content (AvgIpc) is 2.24. The molecule has 2 fully saturated rings. The second-order valence-electron chi connectivity index (χ2n) is 6.20. The SMILES string of the molecule is CC1CC(NCC(C)(C)N2CCNCC2)C1. The molecule has 0 atom stereocenters. The van der Waals surface area contributed by atoms with Gasteiger partial charge in [-0.2, -0.15) is 0 Å². The highest BCUT2D eigenvalue weighted by molar-refractivity contribution is 4.90. The molecule has 1 saturated heterocycles. The van der Waals surface area contributed by atoms with Crippen molar-refractivity contribution in [1.82, 2.24) is 15.5 Å². The van der Waals surface area contributed by atoms with Crippen LogP contribution in [-0.2, 0) is 0 Å². The molecule has 2 rings (SSSR count). The summed E-state index contributed by atoms with van der Waals surface area (Å²) in [5, 5.41) is 7.14. The van der Waals surface area contributed by atoms with Gasteiger partial charge in [-0.15, -0.1) is 0 Å². The molecule has 0 unspecified atom stereocenters. The third-order valence-corrected chi connectivity index (χ3v) is 4.17. The van der Waals surface area contributed by atoms with Crippen molar-refractivity contribution in [1.29, 1.82) is 0 Å². The van der Waals surface area contributed by atoms with E-state index < -0.39 is 0 Å². The minimum atomic E-state index is 0.306. The monoisotopic (exact) mass is 225 g/mol. The largest absolute Gasteiger partial charge is 0.314 e. The second kappa shape index (κ2) is 5.03. The quantitative estimate of drug-likeness (QED) is 0.749. The molecule has 0 radical (unpaired) electrons. The van der Waals surface area contributed by atoms with E-state index in [0.717, 1.165) is 31.6 Å². The van der Waals surface area contributed by atoms with E-state index in [9.17, 15) is 0 Å². The van der Waals surface area contributed by atoms with Crippen LogP contribution in [0.5, 0.6) is 0 Å². The minimum Gasteiger partial charge on any atom is -0.314 e. The van der Waals surface area contributed by atoms with Gasteiger partial charge in [-0.1, -0.05) is 6.92 Å². The number of piperazine rings is 1. The summed E-state index contributed by atoms with van der Waals surface area (Å²) >= 11 is 0. The fraction of sp³-hybridized carbons (Fsp3) is 1.00. The summed E-state index contributed by atoms with van der Waals surface area (Å²) in [4.78, 5) is 2.61. The Morgan fingerprint density at radius 1 is 1.25 bits per heavy atom. The molecule has 16 heavy (non-hydrogen) atoms. The lowest BCUT2D eigenvalue weighted by Gasteiger charge is -2.43. The zero-order valence-electron chi connectivity index (χ0n) is 11.1. The maximum atomic E-state index is 3.72. The average molecular weight is 225 g/mol. The van der Waals surface area contributed by atoms with Gasteiger partial charge in [0.25, 0.3) is 0 Å². The molecule has 0 amide bonds. The molecule has 3 heteroatoms. The van der Waals surface area contributed by atoms with E-state index in [1.54, 1.807) is 0 Å². The van der Waals surface area contributed by atoms with Crippen LogP contribution in [0.4, 0.5) is 0 Å². The first-order chi connectivity index (χ1) is 7.58. The molecule has 2 aliphatic rings. The standard InChI is InChI=1S/C13H27N3/c1-11-8-12(9-11)15-10-13(2,3)16-6-4-14-5-7-16/h11-12,14-15H,4-10H2,1-3H3. The maximum absolute atomic E-state index is 3.72. The molecule has 3 nitrogen and oxygen atoms in total. The van der Waals surface area contributed by atoms with Crippen LogP contribution in [0.2, 0.25) is 0 Å². The predicted octanol–water partition coefficient (Wildman–Crippen LogP) is 1.06. The van der Waals surface area contributed by atoms with E-state index >= 15 is 0 Å². The maximum Gasteiger partial charge on any atom is 0.0278 e. The molecule has 0 aromatic rings. The first-order valence-electron chi connectivity index (χ1n) is 6.77. The number of rotatable bonds is 4. The summed E-state index contributed by atoms with van der Waals surface area (Å²) in [6.45, 7) is 12.9. The highest BCUT2D eigenvalue weighted by Crippen LogP contribution is 2.27. The molecule has 1 heterocycles. The molecule has 0 bridgehead atoms. The Kier molecular flexibility index (Phi) is 3.88. The Bertz CT molecular complexity index is 215. The Balaban J connectivity index is 1.73. The zero-order valence-corrected chi connectivity index (χ0v) is 11.1. The molecular formula is C13H27N3. The van der Waals surface area contributed by atoms with Crippen LogP contribution < -0.4 is 10.6 Å². The van der Waals surface area contributed by atoms with Crippen molar-refractivity contribution >= 4 is 0 Å². The van der Waals surface area contributed by atoms with E-state index in [0.29, 0.717) is 5.54 Å². The van der Waals surface area contributed by atoms with Crippen LogP contribution in [0, 0.1) is 5.92 Å². The predicted molar refractivity (Wildman–Crippen MR) is 68.7 cm³/mol. The first kappa shape index (κ1) is 12.3. The number of nitrogens with zero attached hydrogens (tertiary/aromatic N) is 1. The Morgan fingerprint density at radius 2 is 1.88 bits per heavy atom. The van der Waals surface area contributed by atoms with E-state index in [1.807, 2.05) is 0 Å². The van der Waals surface area contributed by atoms with E-state index in [4.69, 9.17) is 0 Å². The van der Waals surface area contributed by atoms with Crippen molar-refractivity contribution in [3.8, 4) is 0 Å². The van der Waals surface area contributed by atoms with E-state index in [1.165, 1.54) is 25.9 Å². The molecule has 0 aromatic carbocycles. The topological polar surface area (TPSA) is 27.3 Å². The minimum absolute atomic E-state index is 0.306. The lowest BCUT2D eigenvalue weighted by Crippen LogP contribution is -2.58. The van der Waals surface area contributed by atoms with Crippen molar-refractivity contribution in [3.05, 3.63) is 0 Å². The first-order valence-corrected chi connectivity index (χ1v) is 6.77. The van der Waals surface area contributed by atoms with E-state index in [2.05, 4.69) is 36.3 Å². The van der Waals surface area contributed by atoms with Gasteiger partial charge in [0.15, 0.2) is 0 Å². The summed E-state index contributed by atoms with van der Waals surface area (Å²) in [6.07, 6.45) is 2.75. The lowest BCUT2D eigenvalue weighted by atomic mass is 9.81. The van der Waals surface area contributed by atoms with Crippen LogP contribution in [0.1, 0.15) is 33.6 Å². The van der Waals surface area contributed by atoms with Crippen molar-refractivity contribution in [2.45, 2.75) is 45.2 Å². The number of hydrogen-bond donors (Lipinski definition) is 2. The molecule has 1 aliphatic carbocycles. The second-order valence-corrected chi connectivity index (χ2v) is 6.20. The van der Waals surface area contributed by atoms with Crippen LogP contribution in [0.3, 0.4) is 0 Å². The fourth-order valence-electron chi connectivity index (χ4n) is 2.85. The highest BCUT2D eigenvalue weighted by Gasteiger charge is 2.31. The Morgan fingerprint density at radius 3 is 2.44 bits per heavy atom. The molecule has 2 N–H and O–H groups in total. The summed E-state index contributed by atoms with van der Waals surface area (Å²) in [6, 6.07) is 0.789. The summed E-state index contributed by atoms with van der Waals surface area (Å²) in [5.41, 5.74) is 0.306. The normalized spacial score (nSPS) is 32.4. The van der Waals surface area contributed by atoms with Crippen LogP contribution in [0.15, 0.2) is 0 Å². The third kappa shape index (κ3) is 2.96. The Hall–Kier alpha value is -0.120. The number of nitrogens with one attached hydrogen (secondary N) is 2. The van der Waals surface area contributed by atoms with Crippen molar-refractivity contribution < 1.29 is 0 Å². The van der Waals surface area contributed by atoms with Gasteiger partial charge in [-0.25, -0.2) is 0 Å². The van der Waals surface area contributed by atoms with Gasteiger partial charge in [-0.3, -0.25) is 4.90 Å². The van der Waals surface area contributed by atoms with Gasteiger partial charge in [0.2, 0.25) is 0 Å². The van der Waals surface area contributed by atoms with Crippen molar-refractivity contribution in [2.75, 3.05) is 32.7 Å². The van der Waals surface area contributed by atoms with Crippen LogP contribution in [-0.4, -0.2) is 49.2 Å². The summed E-state index contributed by atoms with van der Waals surface area (Å²) in [7, 11) is 0. The Labute approximate surface area is 100.0 Å². The molecular weight excluding hydrogens is 198 g/mol. The van der Waals surface area contributed by atoms with Crippen molar-refractivity contribution in [2.24, 2.45) is 5.92 Å². The van der Waals surface area contributed by atoms with Gasteiger partial charge in [0.1, 0.15) is 0 Å². The third-order valence-electron chi connectivity index (χ3n) is 4.17. The van der Waals surface area contributed by atoms with Gasteiger partial charge in [-0.05, 0) is 32.6 Å². The molecule has 1 aliphatic heterocycles. The molecule has 94 valence electrons. The van der Waals surface area contributed by atoms with E-state index in [-0.39, 0.29) is 0 Å². The van der Waals surface area contributed by atoms with Gasteiger partial charge >= 0.3 is 0 Å². The smallest absolute Gasteiger partial charge is 0.0278 e. The van der Waals surface area contributed by atoms with Gasteiger partial charge in [0.05, 0.1) is 0 Å². The molecule has 0 spiro atoms. The molecule has 0 aromatic heterocycles. The highest BCUT2D eigenvalue weighted by atomic mass is 15.2.